The van der Waals surface area contributed by atoms with Crippen molar-refractivity contribution < 1.29 is 19.8 Å². The van der Waals surface area contributed by atoms with Crippen molar-refractivity contribution in [1.29, 1.82) is 0 Å². The Hall–Kier alpha value is -1.52. The maximum absolute atomic E-state index is 11.8. The van der Waals surface area contributed by atoms with Gasteiger partial charge in [-0.25, -0.2) is 0 Å². The maximum atomic E-state index is 11.8. The highest BCUT2D eigenvalue weighted by Gasteiger charge is 2.36. The molecule has 5 nitrogen and oxygen atoms in total. The first kappa shape index (κ1) is 15.5. The number of nitrogens with one attached hydrogen (secondary N) is 1. The van der Waals surface area contributed by atoms with E-state index < -0.39 is 23.3 Å². The molecule has 0 fully saturated rings. The van der Waals surface area contributed by atoms with Gasteiger partial charge in [0.15, 0.2) is 0 Å². The lowest BCUT2D eigenvalue weighted by molar-refractivity contribution is -0.140. The van der Waals surface area contributed by atoms with Crippen LogP contribution >= 0.6 is 0 Å². The first-order valence-electron chi connectivity index (χ1n) is 5.37. The topological polar surface area (TPSA) is 86.6 Å². The maximum Gasteiger partial charge on any atom is 0.322 e. The molecule has 0 aromatic carbocycles. The normalized spacial score (nSPS) is 12.0. The highest BCUT2D eigenvalue weighted by Crippen LogP contribution is 2.37. The predicted molar refractivity (Wildman–Crippen MR) is 64.6 cm³/mol. The number of aliphatic hydroxyl groups is 1. The average molecular weight is 243 g/mol. The zero-order valence-electron chi connectivity index (χ0n) is 10.8. The molecule has 17 heavy (non-hydrogen) atoms. The lowest BCUT2D eigenvalue weighted by Gasteiger charge is -2.33. The van der Waals surface area contributed by atoms with E-state index in [1.54, 1.807) is 27.7 Å². The fourth-order valence-electron chi connectivity index (χ4n) is 1.68. The third kappa shape index (κ3) is 4.89. The SMILES string of the molecule is C=C(O)C(C)(C)CC(C)(C)C(=O)NCC(=O)O. The Balaban J connectivity index is 4.62. The van der Waals surface area contributed by atoms with E-state index >= 15 is 0 Å². The molecule has 0 saturated heterocycles. The van der Waals surface area contributed by atoms with Gasteiger partial charge in [-0.1, -0.05) is 34.3 Å². The summed E-state index contributed by atoms with van der Waals surface area (Å²) in [7, 11) is 0. The Morgan fingerprint density at radius 2 is 1.59 bits per heavy atom. The molecule has 98 valence electrons. The lowest BCUT2D eigenvalue weighted by atomic mass is 9.73. The van der Waals surface area contributed by atoms with Crippen molar-refractivity contribution in [1.82, 2.24) is 5.32 Å². The molecule has 0 aromatic heterocycles. The summed E-state index contributed by atoms with van der Waals surface area (Å²) in [6, 6.07) is 0. The summed E-state index contributed by atoms with van der Waals surface area (Å²) in [5.74, 6) is -1.43. The van der Waals surface area contributed by atoms with E-state index in [1.165, 1.54) is 0 Å². The van der Waals surface area contributed by atoms with Crippen LogP contribution in [0.3, 0.4) is 0 Å². The summed E-state index contributed by atoms with van der Waals surface area (Å²) in [6.07, 6.45) is 0.376. The van der Waals surface area contributed by atoms with E-state index in [1.807, 2.05) is 0 Å². The van der Waals surface area contributed by atoms with E-state index in [-0.39, 0.29) is 11.7 Å². The van der Waals surface area contributed by atoms with Gasteiger partial charge in [-0.3, -0.25) is 9.59 Å². The molecule has 0 saturated carbocycles. The number of hydrogen-bond acceptors (Lipinski definition) is 3. The standard InChI is InChI=1S/C12H21NO4/c1-8(14)11(2,3)7-12(4,5)10(17)13-6-9(15)16/h14H,1,6-7H2,2-5H3,(H,13,17)(H,15,16). The van der Waals surface area contributed by atoms with Gasteiger partial charge in [0.25, 0.3) is 0 Å². The number of aliphatic hydroxyl groups excluding tert-OH is 1. The molecular weight excluding hydrogens is 222 g/mol. The van der Waals surface area contributed by atoms with Crippen LogP contribution in [0.1, 0.15) is 34.1 Å². The van der Waals surface area contributed by atoms with E-state index in [4.69, 9.17) is 5.11 Å². The third-order valence-electron chi connectivity index (χ3n) is 2.68. The summed E-state index contributed by atoms with van der Waals surface area (Å²) in [6.45, 7) is 10.0. The highest BCUT2D eigenvalue weighted by molar-refractivity contribution is 5.85. The van der Waals surface area contributed by atoms with Crippen LogP contribution in [0.2, 0.25) is 0 Å². The van der Waals surface area contributed by atoms with Crippen molar-refractivity contribution in [3.63, 3.8) is 0 Å². The fourth-order valence-corrected chi connectivity index (χ4v) is 1.68. The van der Waals surface area contributed by atoms with E-state index in [0.29, 0.717) is 6.42 Å². The van der Waals surface area contributed by atoms with Gasteiger partial charge in [0.05, 0.1) is 5.76 Å². The molecule has 0 spiro atoms. The van der Waals surface area contributed by atoms with Crippen molar-refractivity contribution in [2.75, 3.05) is 6.54 Å². The van der Waals surface area contributed by atoms with Crippen molar-refractivity contribution in [3.8, 4) is 0 Å². The minimum atomic E-state index is -1.08. The number of amides is 1. The number of carbonyl (C=O) groups excluding carboxylic acids is 1. The van der Waals surface area contributed by atoms with Crippen LogP contribution in [0.5, 0.6) is 0 Å². The molecule has 0 radical (unpaired) electrons. The number of carbonyl (C=O) groups is 2. The second-order valence-electron chi connectivity index (χ2n) is 5.47. The van der Waals surface area contributed by atoms with Crippen LogP contribution in [-0.4, -0.2) is 28.6 Å². The first-order valence-corrected chi connectivity index (χ1v) is 5.37. The van der Waals surface area contributed by atoms with Gasteiger partial charge in [-0.15, -0.1) is 0 Å². The molecule has 0 heterocycles. The van der Waals surface area contributed by atoms with E-state index in [9.17, 15) is 14.7 Å². The van der Waals surface area contributed by atoms with Gasteiger partial charge >= 0.3 is 5.97 Å². The third-order valence-corrected chi connectivity index (χ3v) is 2.68. The Morgan fingerprint density at radius 1 is 1.12 bits per heavy atom. The van der Waals surface area contributed by atoms with Gasteiger partial charge in [-0.05, 0) is 6.42 Å². The number of carboxylic acid groups (broad SMARTS) is 1. The van der Waals surface area contributed by atoms with Gasteiger partial charge < -0.3 is 15.5 Å². The molecule has 1 amide bonds. The average Bonchev–Trinajstić information content (AvgIpc) is 2.11. The highest BCUT2D eigenvalue weighted by atomic mass is 16.4. The van der Waals surface area contributed by atoms with Crippen LogP contribution in [0.15, 0.2) is 12.3 Å². The van der Waals surface area contributed by atoms with Gasteiger partial charge in [0.1, 0.15) is 6.54 Å². The minimum Gasteiger partial charge on any atom is -0.512 e. The number of carboxylic acids is 1. The van der Waals surface area contributed by atoms with Crippen molar-refractivity contribution in [2.45, 2.75) is 34.1 Å². The molecule has 0 aliphatic rings. The molecule has 0 atom stereocenters. The summed E-state index contributed by atoms with van der Waals surface area (Å²) >= 11 is 0. The van der Waals surface area contributed by atoms with Crippen LogP contribution in [0.4, 0.5) is 0 Å². The molecule has 0 aliphatic heterocycles. The quantitative estimate of drug-likeness (QED) is 0.620. The van der Waals surface area contributed by atoms with Gasteiger partial charge in [0.2, 0.25) is 5.91 Å². The van der Waals surface area contributed by atoms with Crippen molar-refractivity contribution >= 4 is 11.9 Å². The Kier molecular flexibility index (Phi) is 4.74. The fraction of sp³-hybridized carbons (Fsp3) is 0.667. The van der Waals surface area contributed by atoms with Crippen molar-refractivity contribution in [2.24, 2.45) is 10.8 Å². The zero-order valence-corrected chi connectivity index (χ0v) is 10.8. The van der Waals surface area contributed by atoms with Crippen LogP contribution < -0.4 is 5.32 Å². The molecule has 0 rings (SSSR count). The molecule has 5 heteroatoms. The molecule has 0 bridgehead atoms. The van der Waals surface area contributed by atoms with Gasteiger partial charge in [-0.2, -0.15) is 0 Å². The summed E-state index contributed by atoms with van der Waals surface area (Å²) in [5, 5.41) is 20.2. The monoisotopic (exact) mass is 243 g/mol. The Labute approximate surface area is 102 Å². The largest absolute Gasteiger partial charge is 0.512 e. The van der Waals surface area contributed by atoms with Crippen LogP contribution in [0, 0.1) is 10.8 Å². The summed E-state index contributed by atoms with van der Waals surface area (Å²) < 4.78 is 0. The minimum absolute atomic E-state index is 0.0107. The number of allylic oxidation sites excluding steroid dienone is 1. The Morgan fingerprint density at radius 3 is 1.94 bits per heavy atom. The smallest absolute Gasteiger partial charge is 0.322 e. The molecule has 0 aromatic rings. The lowest BCUT2D eigenvalue weighted by Crippen LogP contribution is -2.42. The zero-order chi connectivity index (χ0) is 13.9. The van der Waals surface area contributed by atoms with Crippen molar-refractivity contribution in [3.05, 3.63) is 12.3 Å². The van der Waals surface area contributed by atoms with Gasteiger partial charge in [0, 0.05) is 10.8 Å². The predicted octanol–water partition coefficient (Wildman–Crippen LogP) is 1.70. The number of hydrogen-bond donors (Lipinski definition) is 3. The molecule has 0 aliphatic carbocycles. The second-order valence-corrected chi connectivity index (χ2v) is 5.47. The number of aliphatic carboxylic acids is 1. The number of rotatable bonds is 6. The Bertz CT molecular complexity index is 331. The van der Waals surface area contributed by atoms with Crippen LogP contribution in [-0.2, 0) is 9.59 Å². The molecule has 0 unspecified atom stereocenters. The summed E-state index contributed by atoms with van der Waals surface area (Å²) in [5.41, 5.74) is -1.37. The molecule has 3 N–H and O–H groups in total. The molecular formula is C12H21NO4. The first-order chi connectivity index (χ1) is 7.49. The second kappa shape index (κ2) is 5.21. The summed E-state index contributed by atoms with van der Waals surface area (Å²) in [4.78, 5) is 22.1. The van der Waals surface area contributed by atoms with Crippen LogP contribution in [0.25, 0.3) is 0 Å². The van der Waals surface area contributed by atoms with E-state index in [2.05, 4.69) is 11.9 Å². The van der Waals surface area contributed by atoms with E-state index in [0.717, 1.165) is 0 Å².